The smallest absolute Gasteiger partial charge is 0.165 e. The van der Waals surface area contributed by atoms with Crippen molar-refractivity contribution in [2.45, 2.75) is 51.7 Å². The first kappa shape index (κ1) is 22.6. The molecule has 2 aromatic rings. The van der Waals surface area contributed by atoms with Crippen molar-refractivity contribution in [3.8, 4) is 5.75 Å². The molecule has 28 heavy (non-hydrogen) atoms. The SMILES string of the molecule is CC(O)O.Cc1ccc(Cl)cc1.Fc1ccc(F)c2c1OCC1CCCCC21. The molecule has 2 unspecified atom stereocenters. The van der Waals surface area contributed by atoms with Gasteiger partial charge in [-0.25, -0.2) is 8.78 Å². The summed E-state index contributed by atoms with van der Waals surface area (Å²) in [4.78, 5) is 0. The Morgan fingerprint density at radius 2 is 1.57 bits per heavy atom. The lowest BCUT2D eigenvalue weighted by atomic mass is 9.74. The highest BCUT2D eigenvalue weighted by atomic mass is 35.5. The molecule has 2 N–H and O–H groups in total. The van der Waals surface area contributed by atoms with Crippen LogP contribution in [0.25, 0.3) is 0 Å². The van der Waals surface area contributed by atoms with Gasteiger partial charge in [0.05, 0.1) is 6.61 Å². The summed E-state index contributed by atoms with van der Waals surface area (Å²) in [5.41, 5.74) is 1.73. The molecule has 1 aliphatic heterocycles. The van der Waals surface area contributed by atoms with Gasteiger partial charge in [0.2, 0.25) is 0 Å². The highest BCUT2D eigenvalue weighted by molar-refractivity contribution is 6.30. The zero-order chi connectivity index (χ0) is 20.7. The molecular formula is C22H27ClF2O3. The Bertz CT molecular complexity index is 726. The van der Waals surface area contributed by atoms with Crippen molar-refractivity contribution >= 4 is 11.6 Å². The van der Waals surface area contributed by atoms with Crippen LogP contribution in [0.2, 0.25) is 5.02 Å². The number of aliphatic hydroxyl groups excluding tert-OH is 1. The van der Waals surface area contributed by atoms with Gasteiger partial charge in [0.1, 0.15) is 12.1 Å². The standard InChI is InChI=1S/C13H14F2O.C7H7Cl.C2H6O2/c14-10-5-6-11(15)13-12(10)9-4-2-1-3-8(9)7-16-13;1-6-2-4-7(8)5-3-6;1-2(3)4/h5-6,8-9H,1-4,7H2;2-5H,1H3;2-4H,1H3. The monoisotopic (exact) mass is 412 g/mol. The molecule has 2 atom stereocenters. The van der Waals surface area contributed by atoms with E-state index in [1.54, 1.807) is 0 Å². The lowest BCUT2D eigenvalue weighted by Crippen LogP contribution is -2.30. The molecule has 6 heteroatoms. The second kappa shape index (κ2) is 10.7. The van der Waals surface area contributed by atoms with Crippen molar-refractivity contribution in [2.24, 2.45) is 5.92 Å². The largest absolute Gasteiger partial charge is 0.490 e. The predicted molar refractivity (Wildman–Crippen MR) is 107 cm³/mol. The van der Waals surface area contributed by atoms with E-state index in [1.165, 1.54) is 25.0 Å². The number of rotatable bonds is 0. The number of halogens is 3. The number of hydrogen-bond acceptors (Lipinski definition) is 3. The molecule has 0 amide bonds. The molecule has 0 bridgehead atoms. The fraction of sp³-hybridized carbons (Fsp3) is 0.455. The summed E-state index contributed by atoms with van der Waals surface area (Å²) in [6, 6.07) is 10.1. The molecule has 4 rings (SSSR count). The molecule has 1 aliphatic carbocycles. The minimum absolute atomic E-state index is 0.156. The quantitative estimate of drug-likeness (QED) is 0.554. The molecule has 0 saturated heterocycles. The summed E-state index contributed by atoms with van der Waals surface area (Å²) in [7, 11) is 0. The third-order valence-corrected chi connectivity index (χ3v) is 5.08. The highest BCUT2D eigenvalue weighted by Gasteiger charge is 2.36. The number of fused-ring (bicyclic) bond motifs is 3. The second-order valence-corrected chi connectivity index (χ2v) is 7.60. The van der Waals surface area contributed by atoms with Crippen LogP contribution in [0, 0.1) is 24.5 Å². The summed E-state index contributed by atoms with van der Waals surface area (Å²) in [6.45, 7) is 3.86. The van der Waals surface area contributed by atoms with Gasteiger partial charge in [-0.05, 0) is 56.9 Å². The van der Waals surface area contributed by atoms with E-state index in [0.717, 1.165) is 30.4 Å². The first-order valence-corrected chi connectivity index (χ1v) is 9.86. The summed E-state index contributed by atoms with van der Waals surface area (Å²) in [6.07, 6.45) is 3.15. The fourth-order valence-corrected chi connectivity index (χ4v) is 3.68. The van der Waals surface area contributed by atoms with Gasteiger partial charge in [-0.1, -0.05) is 42.1 Å². The van der Waals surface area contributed by atoms with Crippen molar-refractivity contribution < 1.29 is 23.7 Å². The summed E-state index contributed by atoms with van der Waals surface area (Å²) in [5.74, 6) is -0.0534. The van der Waals surface area contributed by atoms with E-state index in [2.05, 4.69) is 0 Å². The normalized spacial score (nSPS) is 19.9. The van der Waals surface area contributed by atoms with Crippen LogP contribution in [0.3, 0.4) is 0 Å². The Morgan fingerprint density at radius 3 is 2.18 bits per heavy atom. The lowest BCUT2D eigenvalue weighted by Gasteiger charge is -2.37. The van der Waals surface area contributed by atoms with Crippen LogP contribution in [-0.4, -0.2) is 23.1 Å². The van der Waals surface area contributed by atoms with E-state index in [-0.39, 0.29) is 17.5 Å². The lowest BCUT2D eigenvalue weighted by molar-refractivity contribution is -0.0228. The third-order valence-electron chi connectivity index (χ3n) is 4.83. The summed E-state index contributed by atoms with van der Waals surface area (Å²) in [5, 5.41) is 16.0. The van der Waals surface area contributed by atoms with Crippen molar-refractivity contribution in [1.82, 2.24) is 0 Å². The van der Waals surface area contributed by atoms with Gasteiger partial charge < -0.3 is 14.9 Å². The van der Waals surface area contributed by atoms with Gasteiger partial charge in [-0.3, -0.25) is 0 Å². The minimum Gasteiger partial charge on any atom is -0.490 e. The van der Waals surface area contributed by atoms with E-state index >= 15 is 0 Å². The maximum absolute atomic E-state index is 13.8. The van der Waals surface area contributed by atoms with E-state index in [9.17, 15) is 8.78 Å². The second-order valence-electron chi connectivity index (χ2n) is 7.16. The van der Waals surface area contributed by atoms with Crippen LogP contribution in [0.1, 0.15) is 49.7 Å². The highest BCUT2D eigenvalue weighted by Crippen LogP contribution is 2.46. The van der Waals surface area contributed by atoms with Gasteiger partial charge in [0.15, 0.2) is 11.6 Å². The molecule has 154 valence electrons. The molecule has 1 saturated carbocycles. The number of hydrogen-bond donors (Lipinski definition) is 2. The van der Waals surface area contributed by atoms with Crippen molar-refractivity contribution in [2.75, 3.05) is 6.61 Å². The maximum Gasteiger partial charge on any atom is 0.165 e. The van der Waals surface area contributed by atoms with Crippen LogP contribution in [0.4, 0.5) is 8.78 Å². The topological polar surface area (TPSA) is 49.7 Å². The van der Waals surface area contributed by atoms with Crippen LogP contribution in [0.5, 0.6) is 5.75 Å². The Labute approximate surface area is 169 Å². The zero-order valence-corrected chi connectivity index (χ0v) is 16.9. The van der Waals surface area contributed by atoms with Gasteiger partial charge in [-0.2, -0.15) is 0 Å². The first-order chi connectivity index (χ1) is 13.3. The molecule has 3 nitrogen and oxygen atoms in total. The number of aryl methyl sites for hydroxylation is 1. The molecule has 2 aromatic carbocycles. The molecule has 2 aliphatic rings. The van der Waals surface area contributed by atoms with Gasteiger partial charge in [0.25, 0.3) is 0 Å². The van der Waals surface area contributed by atoms with Crippen LogP contribution in [-0.2, 0) is 0 Å². The molecule has 0 aromatic heterocycles. The van der Waals surface area contributed by atoms with E-state index in [0.29, 0.717) is 18.1 Å². The molecule has 1 heterocycles. The van der Waals surface area contributed by atoms with Crippen molar-refractivity contribution in [3.63, 3.8) is 0 Å². The first-order valence-electron chi connectivity index (χ1n) is 9.48. The minimum atomic E-state index is -1.17. The van der Waals surface area contributed by atoms with Gasteiger partial charge in [0, 0.05) is 16.5 Å². The van der Waals surface area contributed by atoms with E-state index < -0.39 is 12.1 Å². The average Bonchev–Trinajstić information content (AvgIpc) is 2.67. The van der Waals surface area contributed by atoms with Crippen LogP contribution >= 0.6 is 11.6 Å². The predicted octanol–water partition coefficient (Wildman–Crippen LogP) is 5.60. The van der Waals surface area contributed by atoms with Crippen LogP contribution < -0.4 is 4.74 Å². The van der Waals surface area contributed by atoms with E-state index in [4.69, 9.17) is 26.6 Å². The van der Waals surface area contributed by atoms with Gasteiger partial charge >= 0.3 is 0 Å². The summed E-state index contributed by atoms with van der Waals surface area (Å²) >= 11 is 5.61. The molecule has 0 spiro atoms. The summed E-state index contributed by atoms with van der Waals surface area (Å²) < 4.78 is 32.7. The number of ether oxygens (including phenoxy) is 1. The average molecular weight is 413 g/mol. The molecular weight excluding hydrogens is 386 g/mol. The van der Waals surface area contributed by atoms with E-state index in [1.807, 2.05) is 31.2 Å². The third kappa shape index (κ3) is 6.43. The molecule has 1 fully saturated rings. The number of benzene rings is 2. The Morgan fingerprint density at radius 1 is 1.00 bits per heavy atom. The fourth-order valence-electron chi connectivity index (χ4n) is 3.55. The van der Waals surface area contributed by atoms with Crippen molar-refractivity contribution in [3.05, 3.63) is 64.2 Å². The molecule has 0 radical (unpaired) electrons. The Kier molecular flexibility index (Phi) is 8.67. The maximum atomic E-state index is 13.8. The zero-order valence-electron chi connectivity index (χ0n) is 16.2. The van der Waals surface area contributed by atoms with Gasteiger partial charge in [-0.15, -0.1) is 0 Å². The van der Waals surface area contributed by atoms with Crippen LogP contribution in [0.15, 0.2) is 36.4 Å². The Hall–Kier alpha value is -1.69. The number of aliphatic hydroxyl groups is 2. The van der Waals surface area contributed by atoms with Crippen molar-refractivity contribution in [1.29, 1.82) is 0 Å². The Balaban J connectivity index is 0.000000196.